The van der Waals surface area contributed by atoms with Crippen molar-refractivity contribution >= 4 is 17.4 Å². The molecule has 2 heterocycles. The van der Waals surface area contributed by atoms with E-state index in [0.29, 0.717) is 36.6 Å². The SMILES string of the molecule is COc1cc(NCCc2ccc(Oc3ncc(C(F)(F)F)cc3Cl)cc2)ncn1. The van der Waals surface area contributed by atoms with Crippen molar-refractivity contribution in [2.45, 2.75) is 12.6 Å². The minimum absolute atomic E-state index is 0.0909. The summed E-state index contributed by atoms with van der Waals surface area (Å²) in [6, 6.07) is 9.55. The maximum Gasteiger partial charge on any atom is 0.417 e. The van der Waals surface area contributed by atoms with Gasteiger partial charge in [0, 0.05) is 18.8 Å². The van der Waals surface area contributed by atoms with E-state index in [1.54, 1.807) is 18.2 Å². The Morgan fingerprint density at radius 1 is 1.07 bits per heavy atom. The number of methoxy groups -OCH3 is 1. The molecule has 0 fully saturated rings. The number of halogens is 4. The Morgan fingerprint density at radius 2 is 1.83 bits per heavy atom. The number of hydrogen-bond donors (Lipinski definition) is 1. The van der Waals surface area contributed by atoms with Crippen molar-refractivity contribution in [3.63, 3.8) is 0 Å². The van der Waals surface area contributed by atoms with Crippen LogP contribution in [0.3, 0.4) is 0 Å². The van der Waals surface area contributed by atoms with Gasteiger partial charge in [0.1, 0.15) is 22.9 Å². The molecule has 6 nitrogen and oxygen atoms in total. The minimum Gasteiger partial charge on any atom is -0.481 e. The number of aromatic nitrogens is 3. The van der Waals surface area contributed by atoms with Gasteiger partial charge in [-0.2, -0.15) is 13.2 Å². The summed E-state index contributed by atoms with van der Waals surface area (Å²) in [5.74, 6) is 1.45. The Bertz CT molecular complexity index is 968. The van der Waals surface area contributed by atoms with Crippen LogP contribution in [0.1, 0.15) is 11.1 Å². The predicted octanol–water partition coefficient (Wildman–Crippen LogP) is 5.00. The molecular weight excluding hydrogens is 409 g/mol. The molecule has 0 saturated heterocycles. The summed E-state index contributed by atoms with van der Waals surface area (Å²) in [4.78, 5) is 11.7. The fourth-order valence-corrected chi connectivity index (χ4v) is 2.58. The molecular formula is C19H16ClF3N4O2. The predicted molar refractivity (Wildman–Crippen MR) is 102 cm³/mol. The van der Waals surface area contributed by atoms with Gasteiger partial charge in [-0.05, 0) is 30.2 Å². The number of nitrogens with zero attached hydrogens (tertiary/aromatic N) is 3. The lowest BCUT2D eigenvalue weighted by Crippen LogP contribution is -2.07. The van der Waals surface area contributed by atoms with E-state index in [-0.39, 0.29) is 10.9 Å². The smallest absolute Gasteiger partial charge is 0.417 e. The van der Waals surface area contributed by atoms with Gasteiger partial charge in [0.15, 0.2) is 0 Å². The summed E-state index contributed by atoms with van der Waals surface area (Å²) in [5, 5.41) is 2.95. The summed E-state index contributed by atoms with van der Waals surface area (Å²) >= 11 is 5.85. The Morgan fingerprint density at radius 3 is 2.48 bits per heavy atom. The Labute approximate surface area is 169 Å². The maximum atomic E-state index is 12.7. The number of nitrogens with one attached hydrogen (secondary N) is 1. The minimum atomic E-state index is -4.51. The van der Waals surface area contributed by atoms with Crippen LogP contribution in [0.25, 0.3) is 0 Å². The summed E-state index contributed by atoms with van der Waals surface area (Å²) < 4.78 is 48.5. The third-order valence-electron chi connectivity index (χ3n) is 3.84. The molecule has 10 heteroatoms. The van der Waals surface area contributed by atoms with Gasteiger partial charge >= 0.3 is 6.18 Å². The van der Waals surface area contributed by atoms with Crippen molar-refractivity contribution in [2.75, 3.05) is 19.0 Å². The standard InChI is InChI=1S/C19H16ClF3N4O2/c1-28-17-9-16(26-11-27-17)24-7-6-12-2-4-14(5-3-12)29-18-15(20)8-13(10-25-18)19(21,22)23/h2-5,8-11H,6-7H2,1H3,(H,24,26,27). The highest BCUT2D eigenvalue weighted by Crippen LogP contribution is 2.34. The fourth-order valence-electron chi connectivity index (χ4n) is 2.37. The highest BCUT2D eigenvalue weighted by atomic mass is 35.5. The van der Waals surface area contributed by atoms with E-state index < -0.39 is 11.7 Å². The van der Waals surface area contributed by atoms with E-state index in [4.69, 9.17) is 21.1 Å². The van der Waals surface area contributed by atoms with E-state index in [1.165, 1.54) is 13.4 Å². The molecule has 0 aliphatic rings. The van der Waals surface area contributed by atoms with Crippen LogP contribution >= 0.6 is 11.6 Å². The number of alkyl halides is 3. The molecule has 0 atom stereocenters. The fraction of sp³-hybridized carbons (Fsp3) is 0.211. The topological polar surface area (TPSA) is 69.2 Å². The summed E-state index contributed by atoms with van der Waals surface area (Å²) in [5.41, 5.74) is 0.0938. The molecule has 0 unspecified atom stereocenters. The maximum absolute atomic E-state index is 12.7. The summed E-state index contributed by atoms with van der Waals surface area (Å²) in [6.07, 6.45) is -1.70. The van der Waals surface area contributed by atoms with Gasteiger partial charge < -0.3 is 14.8 Å². The van der Waals surface area contributed by atoms with Crippen molar-refractivity contribution in [3.8, 4) is 17.5 Å². The number of pyridine rings is 1. The molecule has 0 aliphatic carbocycles. The Kier molecular flexibility index (Phi) is 6.38. The molecule has 152 valence electrons. The average molecular weight is 425 g/mol. The Hall–Kier alpha value is -3.07. The lowest BCUT2D eigenvalue weighted by atomic mass is 10.1. The van der Waals surface area contributed by atoms with Gasteiger partial charge in [-0.3, -0.25) is 0 Å². The van der Waals surface area contributed by atoms with Crippen molar-refractivity contribution < 1.29 is 22.6 Å². The molecule has 2 aromatic heterocycles. The van der Waals surface area contributed by atoms with Gasteiger partial charge in [0.05, 0.1) is 12.7 Å². The highest BCUT2D eigenvalue weighted by Gasteiger charge is 2.31. The summed E-state index contributed by atoms with van der Waals surface area (Å²) in [6.45, 7) is 0.632. The van der Waals surface area contributed by atoms with Crippen LogP contribution < -0.4 is 14.8 Å². The average Bonchev–Trinajstić information content (AvgIpc) is 2.70. The number of rotatable bonds is 7. The second kappa shape index (κ2) is 8.95. The largest absolute Gasteiger partial charge is 0.481 e. The molecule has 0 radical (unpaired) electrons. The lowest BCUT2D eigenvalue weighted by molar-refractivity contribution is -0.137. The summed E-state index contributed by atoms with van der Waals surface area (Å²) in [7, 11) is 1.53. The van der Waals surface area contributed by atoms with Gasteiger partial charge in [-0.15, -0.1) is 0 Å². The van der Waals surface area contributed by atoms with Crippen LogP contribution in [-0.2, 0) is 12.6 Å². The van der Waals surface area contributed by atoms with Crippen LogP contribution in [0.5, 0.6) is 17.5 Å². The number of hydrogen-bond acceptors (Lipinski definition) is 6. The van der Waals surface area contributed by atoms with E-state index >= 15 is 0 Å². The zero-order chi connectivity index (χ0) is 20.9. The highest BCUT2D eigenvalue weighted by molar-refractivity contribution is 6.31. The third-order valence-corrected chi connectivity index (χ3v) is 4.11. The second-order valence-corrected chi connectivity index (χ2v) is 6.28. The first kappa shape index (κ1) is 20.7. The molecule has 1 N–H and O–H groups in total. The molecule has 1 aromatic carbocycles. The first-order valence-electron chi connectivity index (χ1n) is 8.44. The number of anilines is 1. The van der Waals surface area contributed by atoms with Gasteiger partial charge in [0.2, 0.25) is 11.8 Å². The molecule has 0 aliphatic heterocycles. The second-order valence-electron chi connectivity index (χ2n) is 5.88. The first-order valence-corrected chi connectivity index (χ1v) is 8.82. The molecule has 3 rings (SSSR count). The van der Waals surface area contributed by atoms with E-state index in [1.807, 2.05) is 12.1 Å². The van der Waals surface area contributed by atoms with E-state index in [2.05, 4.69) is 20.3 Å². The zero-order valence-corrected chi connectivity index (χ0v) is 16.0. The van der Waals surface area contributed by atoms with Crippen molar-refractivity contribution in [3.05, 3.63) is 65.1 Å². The lowest BCUT2D eigenvalue weighted by Gasteiger charge is -2.10. The van der Waals surface area contributed by atoms with Gasteiger partial charge in [-0.25, -0.2) is 15.0 Å². The number of benzene rings is 1. The molecule has 29 heavy (non-hydrogen) atoms. The Balaban J connectivity index is 1.56. The van der Waals surface area contributed by atoms with Gasteiger partial charge in [-0.1, -0.05) is 23.7 Å². The van der Waals surface area contributed by atoms with Crippen LogP contribution in [0.15, 0.2) is 48.9 Å². The van der Waals surface area contributed by atoms with Crippen LogP contribution in [0.2, 0.25) is 5.02 Å². The molecule has 0 bridgehead atoms. The first-order chi connectivity index (χ1) is 13.8. The normalized spacial score (nSPS) is 11.2. The van der Waals surface area contributed by atoms with Crippen LogP contribution in [0.4, 0.5) is 19.0 Å². The van der Waals surface area contributed by atoms with Crippen LogP contribution in [0, 0.1) is 0 Å². The van der Waals surface area contributed by atoms with E-state index in [9.17, 15) is 13.2 Å². The quantitative estimate of drug-likeness (QED) is 0.575. The molecule has 0 amide bonds. The molecule has 0 saturated carbocycles. The molecule has 0 spiro atoms. The van der Waals surface area contributed by atoms with E-state index in [0.717, 1.165) is 11.6 Å². The van der Waals surface area contributed by atoms with Crippen molar-refractivity contribution in [1.29, 1.82) is 0 Å². The van der Waals surface area contributed by atoms with Crippen LogP contribution in [-0.4, -0.2) is 28.6 Å². The third kappa shape index (κ3) is 5.71. The molecule has 3 aromatic rings. The van der Waals surface area contributed by atoms with Crippen molar-refractivity contribution in [1.82, 2.24) is 15.0 Å². The monoisotopic (exact) mass is 424 g/mol. The van der Waals surface area contributed by atoms with Gasteiger partial charge in [0.25, 0.3) is 0 Å². The van der Waals surface area contributed by atoms with Crippen molar-refractivity contribution in [2.24, 2.45) is 0 Å². The zero-order valence-electron chi connectivity index (χ0n) is 15.2. The number of ether oxygens (including phenoxy) is 2.